The van der Waals surface area contributed by atoms with Crippen LogP contribution in [0.3, 0.4) is 0 Å². The molecule has 1 aromatic heterocycles. The maximum atomic E-state index is 12.9. The molecule has 3 unspecified atom stereocenters. The second-order valence-corrected chi connectivity index (χ2v) is 7.25. The normalized spacial score (nSPS) is 26.3. The lowest BCUT2D eigenvalue weighted by molar-refractivity contribution is -0.133. The Morgan fingerprint density at radius 3 is 2.74 bits per heavy atom. The first-order valence-electron chi connectivity index (χ1n) is 8.24. The van der Waals surface area contributed by atoms with Crippen molar-refractivity contribution >= 4 is 17.2 Å². The van der Waals surface area contributed by atoms with Crippen LogP contribution >= 0.6 is 11.3 Å². The number of hydrogen-bond donors (Lipinski definition) is 0. The van der Waals surface area contributed by atoms with Gasteiger partial charge in [-0.25, -0.2) is 0 Å². The van der Waals surface area contributed by atoms with Gasteiger partial charge in [-0.1, -0.05) is 12.1 Å². The van der Waals surface area contributed by atoms with Gasteiger partial charge in [0.1, 0.15) is 5.75 Å². The highest BCUT2D eigenvalue weighted by molar-refractivity contribution is 7.07. The molecule has 4 rings (SSSR count). The van der Waals surface area contributed by atoms with Crippen molar-refractivity contribution in [3.05, 3.63) is 52.2 Å². The first kappa shape index (κ1) is 14.8. The Morgan fingerprint density at radius 1 is 1.22 bits per heavy atom. The molecule has 120 valence electrons. The number of amides is 1. The van der Waals surface area contributed by atoms with Gasteiger partial charge in [-0.05, 0) is 65.3 Å². The molecular formula is C19H21NO2S. The topological polar surface area (TPSA) is 29.5 Å². The minimum absolute atomic E-state index is 0.169. The minimum atomic E-state index is 0.169. The molecule has 0 spiro atoms. The molecule has 1 aromatic carbocycles. The Kier molecular flexibility index (Phi) is 3.85. The van der Waals surface area contributed by atoms with Gasteiger partial charge in [0.2, 0.25) is 5.91 Å². The Hall–Kier alpha value is -1.81. The summed E-state index contributed by atoms with van der Waals surface area (Å²) in [7, 11) is 1.68. The molecule has 1 aliphatic heterocycles. The molecule has 1 saturated carbocycles. The smallest absolute Gasteiger partial charge is 0.226 e. The number of likely N-dealkylation sites (tertiary alicyclic amines) is 1. The third kappa shape index (κ3) is 2.76. The molecule has 4 heteroatoms. The summed E-state index contributed by atoms with van der Waals surface area (Å²) >= 11 is 1.72. The van der Waals surface area contributed by atoms with Crippen molar-refractivity contribution in [1.82, 2.24) is 4.90 Å². The molecule has 2 aromatic rings. The number of rotatable bonds is 4. The predicted octanol–water partition coefficient (Wildman–Crippen LogP) is 4.22. The van der Waals surface area contributed by atoms with E-state index in [1.165, 1.54) is 11.1 Å². The van der Waals surface area contributed by atoms with E-state index in [-0.39, 0.29) is 5.92 Å². The number of methoxy groups -OCH3 is 1. The Morgan fingerprint density at radius 2 is 2.04 bits per heavy atom. The number of hydrogen-bond acceptors (Lipinski definition) is 3. The third-order valence-corrected chi connectivity index (χ3v) is 5.82. The standard InChI is InChI=1S/C19H21NO2S/c1-22-15-6-4-13(5-7-15)16-11-17(16)19(21)20-9-2-3-18(20)14-8-10-23-12-14/h4-8,10,12,16-18H,2-3,9,11H2,1H3. The average molecular weight is 327 g/mol. The van der Waals surface area contributed by atoms with E-state index in [9.17, 15) is 4.79 Å². The fraction of sp³-hybridized carbons (Fsp3) is 0.421. The van der Waals surface area contributed by atoms with Crippen molar-refractivity contribution in [2.75, 3.05) is 13.7 Å². The lowest BCUT2D eigenvalue weighted by Gasteiger charge is -2.24. The third-order valence-electron chi connectivity index (χ3n) is 5.12. The van der Waals surface area contributed by atoms with Crippen molar-refractivity contribution in [2.45, 2.75) is 31.2 Å². The number of ether oxygens (including phenoxy) is 1. The molecule has 0 N–H and O–H groups in total. The van der Waals surface area contributed by atoms with Gasteiger partial charge in [0.15, 0.2) is 0 Å². The Bertz CT molecular complexity index is 680. The molecule has 0 radical (unpaired) electrons. The number of carbonyl (C=O) groups is 1. The molecule has 2 aliphatic rings. The number of nitrogens with zero attached hydrogens (tertiary/aromatic N) is 1. The van der Waals surface area contributed by atoms with Crippen LogP contribution in [0.15, 0.2) is 41.1 Å². The molecule has 1 saturated heterocycles. The summed E-state index contributed by atoms with van der Waals surface area (Å²) in [6.07, 6.45) is 3.20. The highest BCUT2D eigenvalue weighted by Crippen LogP contribution is 2.50. The van der Waals surface area contributed by atoms with Crippen LogP contribution in [0.1, 0.15) is 42.3 Å². The van der Waals surface area contributed by atoms with Crippen molar-refractivity contribution < 1.29 is 9.53 Å². The van der Waals surface area contributed by atoms with Crippen molar-refractivity contribution in [2.24, 2.45) is 5.92 Å². The Balaban J connectivity index is 1.45. The van der Waals surface area contributed by atoms with Gasteiger partial charge in [0.25, 0.3) is 0 Å². The molecule has 0 bridgehead atoms. The highest BCUT2D eigenvalue weighted by Gasteiger charge is 2.47. The lowest BCUT2D eigenvalue weighted by atomic mass is 10.1. The molecule has 1 amide bonds. The summed E-state index contributed by atoms with van der Waals surface area (Å²) in [6.45, 7) is 0.908. The number of thiophene rings is 1. The van der Waals surface area contributed by atoms with Crippen molar-refractivity contribution in [3.63, 3.8) is 0 Å². The highest BCUT2D eigenvalue weighted by atomic mass is 32.1. The van der Waals surface area contributed by atoms with Gasteiger partial charge in [-0.2, -0.15) is 11.3 Å². The first-order valence-corrected chi connectivity index (χ1v) is 9.18. The number of carbonyl (C=O) groups excluding carboxylic acids is 1. The van der Waals surface area contributed by atoms with Gasteiger partial charge < -0.3 is 9.64 Å². The van der Waals surface area contributed by atoms with Crippen molar-refractivity contribution in [1.29, 1.82) is 0 Å². The summed E-state index contributed by atoms with van der Waals surface area (Å²) < 4.78 is 5.21. The SMILES string of the molecule is COc1ccc(C2CC2C(=O)N2CCCC2c2ccsc2)cc1. The largest absolute Gasteiger partial charge is 0.497 e. The summed E-state index contributed by atoms with van der Waals surface area (Å²) in [4.78, 5) is 15.0. The van der Waals surface area contributed by atoms with Crippen LogP contribution in [0.2, 0.25) is 0 Å². The summed E-state index contributed by atoms with van der Waals surface area (Å²) in [5.74, 6) is 1.77. The van der Waals surface area contributed by atoms with Crippen LogP contribution in [-0.4, -0.2) is 24.5 Å². The molecule has 3 nitrogen and oxygen atoms in total. The maximum Gasteiger partial charge on any atom is 0.226 e. The van der Waals surface area contributed by atoms with E-state index >= 15 is 0 Å². The fourth-order valence-corrected chi connectivity index (χ4v) is 4.45. The van der Waals surface area contributed by atoms with E-state index in [2.05, 4.69) is 33.9 Å². The summed E-state index contributed by atoms with van der Waals surface area (Å²) in [5.41, 5.74) is 2.57. The van der Waals surface area contributed by atoms with E-state index in [0.717, 1.165) is 31.6 Å². The average Bonchev–Trinajstić information content (AvgIpc) is 3.00. The zero-order chi connectivity index (χ0) is 15.8. The van der Waals surface area contributed by atoms with Gasteiger partial charge >= 0.3 is 0 Å². The zero-order valence-corrected chi connectivity index (χ0v) is 14.1. The van der Waals surface area contributed by atoms with E-state index in [4.69, 9.17) is 4.74 Å². The van der Waals surface area contributed by atoms with Gasteiger partial charge in [0.05, 0.1) is 13.2 Å². The first-order chi connectivity index (χ1) is 11.3. The second-order valence-electron chi connectivity index (χ2n) is 6.47. The molecule has 3 atom stereocenters. The van der Waals surface area contributed by atoms with Crippen LogP contribution in [0.25, 0.3) is 0 Å². The van der Waals surface area contributed by atoms with E-state index in [0.29, 0.717) is 17.9 Å². The molecular weight excluding hydrogens is 306 g/mol. The fourth-order valence-electron chi connectivity index (χ4n) is 3.74. The van der Waals surface area contributed by atoms with Crippen LogP contribution in [0.4, 0.5) is 0 Å². The van der Waals surface area contributed by atoms with Gasteiger partial charge in [-0.15, -0.1) is 0 Å². The summed E-state index contributed by atoms with van der Waals surface area (Å²) in [5, 5.41) is 4.29. The lowest BCUT2D eigenvalue weighted by Crippen LogP contribution is -2.32. The number of benzene rings is 1. The van der Waals surface area contributed by atoms with E-state index in [1.807, 2.05) is 12.1 Å². The zero-order valence-electron chi connectivity index (χ0n) is 13.3. The van der Waals surface area contributed by atoms with Crippen LogP contribution in [-0.2, 0) is 4.79 Å². The van der Waals surface area contributed by atoms with Crippen molar-refractivity contribution in [3.8, 4) is 5.75 Å². The molecule has 23 heavy (non-hydrogen) atoms. The molecule has 1 aliphatic carbocycles. The molecule has 2 heterocycles. The van der Waals surface area contributed by atoms with Crippen LogP contribution in [0, 0.1) is 5.92 Å². The van der Waals surface area contributed by atoms with Gasteiger partial charge in [-0.3, -0.25) is 4.79 Å². The summed E-state index contributed by atoms with van der Waals surface area (Å²) in [6, 6.07) is 10.6. The monoisotopic (exact) mass is 327 g/mol. The van der Waals surface area contributed by atoms with Crippen LogP contribution in [0.5, 0.6) is 5.75 Å². The van der Waals surface area contributed by atoms with Gasteiger partial charge in [0, 0.05) is 12.5 Å². The van der Waals surface area contributed by atoms with Crippen LogP contribution < -0.4 is 4.74 Å². The van der Waals surface area contributed by atoms with E-state index < -0.39 is 0 Å². The quantitative estimate of drug-likeness (QED) is 0.841. The Labute approximate surface area is 140 Å². The maximum absolute atomic E-state index is 12.9. The second kappa shape index (κ2) is 6.00. The van der Waals surface area contributed by atoms with E-state index in [1.54, 1.807) is 18.4 Å². The molecule has 2 fully saturated rings. The minimum Gasteiger partial charge on any atom is -0.497 e. The predicted molar refractivity (Wildman–Crippen MR) is 91.8 cm³/mol.